The van der Waals surface area contributed by atoms with Crippen molar-refractivity contribution in [3.63, 3.8) is 0 Å². The molecule has 0 aliphatic heterocycles. The molecule has 1 aromatic heterocycles. The second-order valence-electron chi connectivity index (χ2n) is 3.76. The summed E-state index contributed by atoms with van der Waals surface area (Å²) in [7, 11) is 0. The summed E-state index contributed by atoms with van der Waals surface area (Å²) in [5, 5.41) is 8.75. The molecule has 17 heavy (non-hydrogen) atoms. The Morgan fingerprint density at radius 2 is 1.94 bits per heavy atom. The van der Waals surface area contributed by atoms with E-state index in [1.807, 2.05) is 13.8 Å². The summed E-state index contributed by atoms with van der Waals surface area (Å²) in [5.74, 6) is -0.947. The van der Waals surface area contributed by atoms with Crippen LogP contribution >= 0.6 is 0 Å². The van der Waals surface area contributed by atoms with Crippen molar-refractivity contribution in [1.29, 1.82) is 0 Å². The Labute approximate surface area is 100 Å². The summed E-state index contributed by atoms with van der Waals surface area (Å²) in [6.07, 6.45) is 1.16. The van der Waals surface area contributed by atoms with E-state index in [2.05, 4.69) is 0 Å². The van der Waals surface area contributed by atoms with Crippen molar-refractivity contribution in [2.24, 2.45) is 0 Å². The molecule has 1 aromatic rings. The number of carboxylic acids is 1. The van der Waals surface area contributed by atoms with E-state index >= 15 is 0 Å². The van der Waals surface area contributed by atoms with Crippen molar-refractivity contribution in [3.8, 4) is 0 Å². The largest absolute Gasteiger partial charge is 0.481 e. The van der Waals surface area contributed by atoms with Gasteiger partial charge in [0, 0.05) is 18.7 Å². The molecule has 0 aromatic carbocycles. The van der Waals surface area contributed by atoms with Gasteiger partial charge in [0.2, 0.25) is 0 Å². The number of carboxylic acid groups (broad SMARTS) is 1. The van der Waals surface area contributed by atoms with Gasteiger partial charge in [-0.3, -0.25) is 9.59 Å². The predicted octanol–water partition coefficient (Wildman–Crippen LogP) is 1.70. The summed E-state index contributed by atoms with van der Waals surface area (Å²) >= 11 is 0. The van der Waals surface area contributed by atoms with Gasteiger partial charge in [0.15, 0.2) is 0 Å². The Bertz CT molecular complexity index is 418. The minimum Gasteiger partial charge on any atom is -0.481 e. The number of rotatable bonds is 5. The monoisotopic (exact) mass is 239 g/mol. The summed E-state index contributed by atoms with van der Waals surface area (Å²) in [6.45, 7) is 6.69. The lowest BCUT2D eigenvalue weighted by atomic mass is 10.1. The molecule has 5 nitrogen and oxygen atoms in total. The van der Waals surface area contributed by atoms with Crippen LogP contribution in [0.4, 0.5) is 0 Å². The summed E-state index contributed by atoms with van der Waals surface area (Å²) in [6, 6.07) is 0. The van der Waals surface area contributed by atoms with Gasteiger partial charge in [-0.1, -0.05) is 0 Å². The predicted molar refractivity (Wildman–Crippen MR) is 62.0 cm³/mol. The first-order chi connectivity index (χ1) is 8.01. The molecule has 1 rings (SSSR count). The second-order valence-corrected chi connectivity index (χ2v) is 3.76. The minimum atomic E-state index is -1.01. The van der Waals surface area contributed by atoms with E-state index < -0.39 is 5.97 Å². The molecule has 1 N–H and O–H groups in total. The average molecular weight is 239 g/mol. The van der Waals surface area contributed by atoms with E-state index in [0.717, 1.165) is 0 Å². The fraction of sp³-hybridized carbons (Fsp3) is 0.500. The van der Waals surface area contributed by atoms with Crippen LogP contribution in [0.3, 0.4) is 0 Å². The molecule has 0 aliphatic carbocycles. The van der Waals surface area contributed by atoms with Crippen LogP contribution in [-0.2, 0) is 11.2 Å². The van der Waals surface area contributed by atoms with Gasteiger partial charge < -0.3 is 14.4 Å². The van der Waals surface area contributed by atoms with Crippen LogP contribution in [-0.4, -0.2) is 35.0 Å². The minimum absolute atomic E-state index is 0.169. The number of aryl methyl sites for hydroxylation is 1. The van der Waals surface area contributed by atoms with Crippen molar-refractivity contribution in [2.45, 2.75) is 27.2 Å². The fourth-order valence-electron chi connectivity index (χ4n) is 1.72. The lowest BCUT2D eigenvalue weighted by molar-refractivity contribution is -0.136. The van der Waals surface area contributed by atoms with Gasteiger partial charge in [-0.15, -0.1) is 0 Å². The van der Waals surface area contributed by atoms with Crippen LogP contribution in [0.5, 0.6) is 0 Å². The fourth-order valence-corrected chi connectivity index (χ4v) is 1.72. The Balaban J connectivity index is 3.07. The molecular formula is C12H17NO4. The first-order valence-electron chi connectivity index (χ1n) is 5.59. The molecule has 0 bridgehead atoms. The van der Waals surface area contributed by atoms with Crippen molar-refractivity contribution in [1.82, 2.24) is 4.90 Å². The quantitative estimate of drug-likeness (QED) is 0.848. The van der Waals surface area contributed by atoms with E-state index in [-0.39, 0.29) is 18.1 Å². The molecule has 1 heterocycles. The molecule has 94 valence electrons. The molecule has 0 radical (unpaired) electrons. The number of hydrogen-bond donors (Lipinski definition) is 1. The average Bonchev–Trinajstić information content (AvgIpc) is 2.60. The van der Waals surface area contributed by atoms with Crippen LogP contribution in [0.1, 0.15) is 35.5 Å². The maximum atomic E-state index is 12.2. The summed E-state index contributed by atoms with van der Waals surface area (Å²) in [4.78, 5) is 24.5. The number of amides is 1. The van der Waals surface area contributed by atoms with E-state index in [0.29, 0.717) is 24.2 Å². The zero-order valence-electron chi connectivity index (χ0n) is 10.3. The third-order valence-electron chi connectivity index (χ3n) is 2.63. The van der Waals surface area contributed by atoms with Crippen molar-refractivity contribution in [3.05, 3.63) is 23.2 Å². The van der Waals surface area contributed by atoms with E-state index in [4.69, 9.17) is 9.52 Å². The van der Waals surface area contributed by atoms with Crippen LogP contribution in [0, 0.1) is 6.92 Å². The van der Waals surface area contributed by atoms with Gasteiger partial charge in [-0.25, -0.2) is 0 Å². The number of nitrogens with zero attached hydrogens (tertiary/aromatic N) is 1. The SMILES string of the molecule is CCN(CC)C(=O)c1c(C)coc1CC(=O)O. The third kappa shape index (κ3) is 2.87. The van der Waals surface area contributed by atoms with Gasteiger partial charge in [-0.2, -0.15) is 0 Å². The second kappa shape index (κ2) is 5.52. The maximum Gasteiger partial charge on any atom is 0.311 e. The van der Waals surface area contributed by atoms with Gasteiger partial charge >= 0.3 is 5.97 Å². The van der Waals surface area contributed by atoms with Crippen LogP contribution in [0.25, 0.3) is 0 Å². The zero-order chi connectivity index (χ0) is 13.0. The molecule has 0 aliphatic rings. The number of aliphatic carboxylic acids is 1. The Morgan fingerprint density at radius 3 is 2.41 bits per heavy atom. The highest BCUT2D eigenvalue weighted by molar-refractivity contribution is 5.97. The third-order valence-corrected chi connectivity index (χ3v) is 2.63. The van der Waals surface area contributed by atoms with Gasteiger partial charge in [-0.05, 0) is 20.8 Å². The van der Waals surface area contributed by atoms with Crippen molar-refractivity contribution < 1.29 is 19.1 Å². The Kier molecular flexibility index (Phi) is 4.31. The van der Waals surface area contributed by atoms with Crippen LogP contribution in [0.15, 0.2) is 10.7 Å². The maximum absolute atomic E-state index is 12.2. The van der Waals surface area contributed by atoms with E-state index in [1.165, 1.54) is 6.26 Å². The van der Waals surface area contributed by atoms with Crippen LogP contribution in [0.2, 0.25) is 0 Å². The van der Waals surface area contributed by atoms with E-state index in [9.17, 15) is 9.59 Å². The standard InChI is InChI=1S/C12H17NO4/c1-4-13(5-2)12(16)11-8(3)7-17-9(11)6-10(14)15/h7H,4-6H2,1-3H3,(H,14,15). The molecule has 0 atom stereocenters. The smallest absolute Gasteiger partial charge is 0.311 e. The lowest BCUT2D eigenvalue weighted by Gasteiger charge is -2.18. The molecule has 0 spiro atoms. The molecule has 1 amide bonds. The number of carbonyl (C=O) groups is 2. The molecule has 5 heteroatoms. The van der Waals surface area contributed by atoms with Gasteiger partial charge in [0.05, 0.1) is 11.8 Å². The molecular weight excluding hydrogens is 222 g/mol. The number of carbonyl (C=O) groups excluding carboxylic acids is 1. The van der Waals surface area contributed by atoms with Gasteiger partial charge in [0.25, 0.3) is 5.91 Å². The molecule has 0 fully saturated rings. The molecule has 0 saturated heterocycles. The van der Waals surface area contributed by atoms with Crippen molar-refractivity contribution >= 4 is 11.9 Å². The molecule has 0 saturated carbocycles. The Hall–Kier alpha value is -1.78. The zero-order valence-corrected chi connectivity index (χ0v) is 10.3. The summed E-state index contributed by atoms with van der Waals surface area (Å²) in [5.41, 5.74) is 1.06. The first kappa shape index (κ1) is 13.3. The number of furan rings is 1. The first-order valence-corrected chi connectivity index (χ1v) is 5.59. The van der Waals surface area contributed by atoms with E-state index in [1.54, 1.807) is 11.8 Å². The molecule has 0 unspecified atom stereocenters. The van der Waals surface area contributed by atoms with Crippen LogP contribution < -0.4 is 0 Å². The number of hydrogen-bond acceptors (Lipinski definition) is 3. The van der Waals surface area contributed by atoms with Crippen molar-refractivity contribution in [2.75, 3.05) is 13.1 Å². The topological polar surface area (TPSA) is 70.8 Å². The summed E-state index contributed by atoms with van der Waals surface area (Å²) < 4.78 is 5.14. The highest BCUT2D eigenvalue weighted by Gasteiger charge is 2.23. The lowest BCUT2D eigenvalue weighted by Crippen LogP contribution is -2.31. The highest BCUT2D eigenvalue weighted by atomic mass is 16.4. The van der Waals surface area contributed by atoms with Gasteiger partial charge in [0.1, 0.15) is 12.2 Å². The normalized spacial score (nSPS) is 10.3. The Morgan fingerprint density at radius 1 is 1.35 bits per heavy atom. The highest BCUT2D eigenvalue weighted by Crippen LogP contribution is 2.19.